The van der Waals surface area contributed by atoms with Crippen LogP contribution in [0.3, 0.4) is 0 Å². The van der Waals surface area contributed by atoms with Gasteiger partial charge in [0.25, 0.3) is 0 Å². The van der Waals surface area contributed by atoms with Gasteiger partial charge in [-0.1, -0.05) is 12.1 Å². The normalized spacial score (nSPS) is 15.0. The van der Waals surface area contributed by atoms with Crippen LogP contribution in [0.2, 0.25) is 0 Å². The smallest absolute Gasteiger partial charge is 0.414 e. The number of carboxylic acid groups (broad SMARTS) is 2. The Hall–Kier alpha value is -2.61. The number of likely N-dealkylation sites (tertiary alicyclic amines) is 1. The number of piperidine rings is 1. The number of carboxylic acids is 2. The lowest BCUT2D eigenvalue weighted by atomic mass is 9.94. The highest BCUT2D eigenvalue weighted by Crippen LogP contribution is 2.21. The van der Waals surface area contributed by atoms with Gasteiger partial charge in [0.1, 0.15) is 5.75 Å². The third-order valence-corrected chi connectivity index (χ3v) is 4.28. The first kappa shape index (κ1) is 24.4. The molecule has 0 aliphatic carbocycles. The lowest BCUT2D eigenvalue weighted by Crippen LogP contribution is -2.46. The van der Waals surface area contributed by atoms with Crippen LogP contribution >= 0.6 is 0 Å². The van der Waals surface area contributed by atoms with Gasteiger partial charge in [-0.3, -0.25) is 9.69 Å². The molecule has 8 nitrogen and oxygen atoms in total. The Kier molecular flexibility index (Phi) is 9.61. The van der Waals surface area contributed by atoms with Crippen molar-refractivity contribution < 1.29 is 29.3 Å². The molecule has 1 amide bonds. The second-order valence-corrected chi connectivity index (χ2v) is 7.98. The van der Waals surface area contributed by atoms with Gasteiger partial charge in [0.15, 0.2) is 0 Å². The summed E-state index contributed by atoms with van der Waals surface area (Å²) in [5.74, 6) is -2.36. The number of carbonyl (C=O) groups excluding carboxylic acids is 1. The van der Waals surface area contributed by atoms with Gasteiger partial charge in [-0.15, -0.1) is 0 Å². The first-order valence-electron chi connectivity index (χ1n) is 9.74. The lowest BCUT2D eigenvalue weighted by molar-refractivity contribution is -0.159. The minimum Gasteiger partial charge on any atom is -0.494 e. The summed E-state index contributed by atoms with van der Waals surface area (Å²) in [4.78, 5) is 32.9. The molecule has 1 aromatic carbocycles. The maximum atomic E-state index is 12.2. The van der Waals surface area contributed by atoms with Crippen LogP contribution < -0.4 is 10.1 Å². The number of benzene rings is 1. The number of hydrogen-bond donors (Lipinski definition) is 3. The summed E-state index contributed by atoms with van der Waals surface area (Å²) in [6.45, 7) is 11.7. The van der Waals surface area contributed by atoms with Crippen molar-refractivity contribution in [2.45, 2.75) is 52.6 Å². The molecule has 1 fully saturated rings. The fraction of sp³-hybridized carbons (Fsp3) is 0.571. The van der Waals surface area contributed by atoms with Crippen molar-refractivity contribution in [3.63, 3.8) is 0 Å². The zero-order chi connectivity index (χ0) is 22.0. The van der Waals surface area contributed by atoms with Crippen molar-refractivity contribution >= 4 is 17.8 Å². The minimum absolute atomic E-state index is 0.142. The molecule has 0 bridgehead atoms. The Labute approximate surface area is 171 Å². The first-order valence-corrected chi connectivity index (χ1v) is 9.74. The Balaban J connectivity index is 0.000000612. The number of nitrogens with one attached hydrogen (secondary N) is 1. The fourth-order valence-corrected chi connectivity index (χ4v) is 2.94. The molecule has 1 saturated heterocycles. The van der Waals surface area contributed by atoms with E-state index >= 15 is 0 Å². The first-order chi connectivity index (χ1) is 13.5. The van der Waals surface area contributed by atoms with Crippen LogP contribution in [0.5, 0.6) is 5.75 Å². The van der Waals surface area contributed by atoms with Crippen molar-refractivity contribution in [3.8, 4) is 5.75 Å². The van der Waals surface area contributed by atoms with Crippen molar-refractivity contribution in [2.75, 3.05) is 19.7 Å². The van der Waals surface area contributed by atoms with Gasteiger partial charge in [0, 0.05) is 18.0 Å². The van der Waals surface area contributed by atoms with E-state index in [1.165, 1.54) is 5.56 Å². The van der Waals surface area contributed by atoms with Gasteiger partial charge < -0.3 is 20.3 Å². The van der Waals surface area contributed by atoms with Crippen LogP contribution in [0.1, 0.15) is 46.1 Å². The summed E-state index contributed by atoms with van der Waals surface area (Å²) in [6.07, 6.45) is 1.89. The molecule has 3 N–H and O–H groups in total. The summed E-state index contributed by atoms with van der Waals surface area (Å²) in [7, 11) is 0. The molecule has 1 heterocycles. The van der Waals surface area contributed by atoms with Gasteiger partial charge in [0.05, 0.1) is 6.61 Å². The highest BCUT2D eigenvalue weighted by atomic mass is 16.5. The summed E-state index contributed by atoms with van der Waals surface area (Å²) in [5.41, 5.74) is 1.15. The van der Waals surface area contributed by atoms with E-state index in [-0.39, 0.29) is 17.4 Å². The van der Waals surface area contributed by atoms with Gasteiger partial charge >= 0.3 is 11.9 Å². The molecule has 0 spiro atoms. The Bertz CT molecular complexity index is 661. The van der Waals surface area contributed by atoms with Crippen molar-refractivity contribution in [3.05, 3.63) is 29.8 Å². The molecular weight excluding hydrogens is 376 g/mol. The number of amides is 1. The van der Waals surface area contributed by atoms with E-state index in [4.69, 9.17) is 24.5 Å². The van der Waals surface area contributed by atoms with Gasteiger partial charge in [-0.05, 0) is 71.3 Å². The monoisotopic (exact) mass is 408 g/mol. The summed E-state index contributed by atoms with van der Waals surface area (Å²) in [6, 6.07) is 8.32. The number of carbonyl (C=O) groups is 3. The molecule has 0 saturated carbocycles. The van der Waals surface area contributed by atoms with Crippen LogP contribution in [-0.4, -0.2) is 58.2 Å². The van der Waals surface area contributed by atoms with E-state index in [2.05, 4.69) is 22.3 Å². The summed E-state index contributed by atoms with van der Waals surface area (Å²) in [5, 5.41) is 17.9. The largest absolute Gasteiger partial charge is 0.494 e. The van der Waals surface area contributed by atoms with E-state index in [1.54, 1.807) is 0 Å². The predicted molar refractivity (Wildman–Crippen MR) is 109 cm³/mol. The van der Waals surface area contributed by atoms with E-state index < -0.39 is 11.9 Å². The number of ether oxygens (including phenoxy) is 1. The van der Waals surface area contributed by atoms with Crippen molar-refractivity contribution in [1.82, 2.24) is 10.2 Å². The van der Waals surface area contributed by atoms with Crippen molar-refractivity contribution in [2.24, 2.45) is 5.92 Å². The summed E-state index contributed by atoms with van der Waals surface area (Å²) >= 11 is 0. The molecule has 0 atom stereocenters. The number of nitrogens with zero attached hydrogens (tertiary/aromatic N) is 1. The zero-order valence-electron chi connectivity index (χ0n) is 17.6. The molecule has 0 aromatic heterocycles. The minimum atomic E-state index is -1.82. The summed E-state index contributed by atoms with van der Waals surface area (Å²) < 4.78 is 5.47. The Morgan fingerprint density at radius 2 is 1.59 bits per heavy atom. The molecule has 29 heavy (non-hydrogen) atoms. The standard InChI is InChI=1S/C19H30N2O2.C2H2O4/c1-5-23-17-8-6-15(7-9-17)14-21-12-10-16(11-13-21)18(22)20-19(2,3)4;3-1(4)2(5)6/h6-9,16H,5,10-14H2,1-4H3,(H,20,22);(H,3,4)(H,5,6). The number of hydrogen-bond acceptors (Lipinski definition) is 5. The van der Waals surface area contributed by atoms with E-state index in [9.17, 15) is 4.79 Å². The molecule has 8 heteroatoms. The van der Waals surface area contributed by atoms with Gasteiger partial charge in [-0.25, -0.2) is 9.59 Å². The second kappa shape index (κ2) is 11.4. The zero-order valence-corrected chi connectivity index (χ0v) is 17.6. The van der Waals surface area contributed by atoms with Gasteiger partial charge in [0.2, 0.25) is 5.91 Å². The van der Waals surface area contributed by atoms with Gasteiger partial charge in [-0.2, -0.15) is 0 Å². The molecule has 0 radical (unpaired) electrons. The molecule has 1 aliphatic rings. The third kappa shape index (κ3) is 9.94. The van der Waals surface area contributed by atoms with Crippen LogP contribution in [-0.2, 0) is 20.9 Å². The second-order valence-electron chi connectivity index (χ2n) is 7.98. The topological polar surface area (TPSA) is 116 Å². The SMILES string of the molecule is CCOc1ccc(CN2CCC(C(=O)NC(C)(C)C)CC2)cc1.O=C(O)C(=O)O. The molecule has 162 valence electrons. The highest BCUT2D eigenvalue weighted by Gasteiger charge is 2.27. The Morgan fingerprint density at radius 3 is 2.00 bits per heavy atom. The van der Waals surface area contributed by atoms with Crippen LogP contribution in [0, 0.1) is 5.92 Å². The Morgan fingerprint density at radius 1 is 1.07 bits per heavy atom. The fourth-order valence-electron chi connectivity index (χ4n) is 2.94. The van der Waals surface area contributed by atoms with E-state index in [0.717, 1.165) is 38.2 Å². The number of rotatable bonds is 5. The molecule has 1 aromatic rings. The number of aliphatic carboxylic acids is 2. The highest BCUT2D eigenvalue weighted by molar-refractivity contribution is 6.27. The lowest BCUT2D eigenvalue weighted by Gasteiger charge is -2.33. The average molecular weight is 408 g/mol. The van der Waals surface area contributed by atoms with E-state index in [1.807, 2.05) is 39.8 Å². The maximum absolute atomic E-state index is 12.2. The van der Waals surface area contributed by atoms with Crippen molar-refractivity contribution in [1.29, 1.82) is 0 Å². The van der Waals surface area contributed by atoms with E-state index in [0.29, 0.717) is 6.61 Å². The quantitative estimate of drug-likeness (QED) is 0.641. The van der Waals surface area contributed by atoms with Crippen LogP contribution in [0.15, 0.2) is 24.3 Å². The predicted octanol–water partition coefficient (Wildman–Crippen LogP) is 2.37. The maximum Gasteiger partial charge on any atom is 0.414 e. The van der Waals surface area contributed by atoms with Crippen LogP contribution in [0.4, 0.5) is 0 Å². The molecular formula is C21H32N2O6. The van der Waals surface area contributed by atoms with Crippen LogP contribution in [0.25, 0.3) is 0 Å². The molecule has 2 rings (SSSR count). The molecule has 1 aliphatic heterocycles. The molecule has 0 unspecified atom stereocenters. The average Bonchev–Trinajstić information content (AvgIpc) is 2.63. The third-order valence-electron chi connectivity index (χ3n) is 4.28.